The second kappa shape index (κ2) is 9.61. The fourth-order valence-electron chi connectivity index (χ4n) is 3.60. The lowest BCUT2D eigenvalue weighted by atomic mass is 10.1. The molecular formula is C28H22N2OS2. The molecule has 1 atom stereocenters. The summed E-state index contributed by atoms with van der Waals surface area (Å²) < 4.78 is 1.19. The van der Waals surface area contributed by atoms with Gasteiger partial charge in [0.15, 0.2) is 0 Å². The summed E-state index contributed by atoms with van der Waals surface area (Å²) in [4.78, 5) is 19.1. The molecule has 3 nitrogen and oxygen atoms in total. The van der Waals surface area contributed by atoms with Crippen LogP contribution < -0.4 is 5.32 Å². The molecule has 4 aromatic carbocycles. The Kier molecular flexibility index (Phi) is 6.24. The first kappa shape index (κ1) is 21.4. The van der Waals surface area contributed by atoms with Gasteiger partial charge in [0, 0.05) is 16.1 Å². The molecule has 162 valence electrons. The second-order valence-corrected chi connectivity index (χ2v) is 9.99. The van der Waals surface area contributed by atoms with E-state index in [1.54, 1.807) is 23.1 Å². The predicted octanol–water partition coefficient (Wildman–Crippen LogP) is 7.74. The molecule has 5 aromatic rings. The minimum Gasteiger partial charge on any atom is -0.325 e. The van der Waals surface area contributed by atoms with Crippen molar-refractivity contribution in [3.63, 3.8) is 0 Å². The second-order valence-electron chi connectivity index (χ2n) is 7.78. The minimum absolute atomic E-state index is 0.0433. The fourth-order valence-corrected chi connectivity index (χ4v) is 5.71. The number of nitrogens with one attached hydrogen (secondary N) is 1. The van der Waals surface area contributed by atoms with E-state index in [1.807, 2.05) is 84.9 Å². The largest absolute Gasteiger partial charge is 0.325 e. The van der Waals surface area contributed by atoms with E-state index >= 15 is 0 Å². The first-order valence-electron chi connectivity index (χ1n) is 10.7. The van der Waals surface area contributed by atoms with Crippen molar-refractivity contribution in [2.75, 3.05) is 5.32 Å². The molecule has 0 saturated carbocycles. The number of carbonyl (C=O) groups is 1. The SMILES string of the molecule is Cc1ccc2nc(-c3ccc(NC(=O)[C@@H](Sc4ccccc4)c4ccccc4)cc3)sc2c1. The summed E-state index contributed by atoms with van der Waals surface area (Å²) in [7, 11) is 0. The Labute approximate surface area is 201 Å². The Morgan fingerprint density at radius 1 is 0.879 bits per heavy atom. The third-order valence-corrected chi connectivity index (χ3v) is 7.61. The maximum atomic E-state index is 13.3. The normalized spacial score (nSPS) is 11.9. The highest BCUT2D eigenvalue weighted by Gasteiger charge is 2.22. The Hall–Kier alpha value is -3.41. The van der Waals surface area contributed by atoms with Gasteiger partial charge in [0.05, 0.1) is 10.2 Å². The number of hydrogen-bond acceptors (Lipinski definition) is 4. The van der Waals surface area contributed by atoms with Gasteiger partial charge in [0.25, 0.3) is 0 Å². The van der Waals surface area contributed by atoms with Gasteiger partial charge in [0.1, 0.15) is 10.3 Å². The number of aryl methyl sites for hydroxylation is 1. The molecule has 33 heavy (non-hydrogen) atoms. The maximum Gasteiger partial charge on any atom is 0.242 e. The zero-order valence-corrected chi connectivity index (χ0v) is 19.7. The Morgan fingerprint density at radius 2 is 1.58 bits per heavy atom. The number of amides is 1. The summed E-state index contributed by atoms with van der Waals surface area (Å²) >= 11 is 3.24. The molecule has 0 bridgehead atoms. The number of fused-ring (bicyclic) bond motifs is 1. The Balaban J connectivity index is 1.35. The first-order valence-corrected chi connectivity index (χ1v) is 12.4. The van der Waals surface area contributed by atoms with Crippen molar-refractivity contribution in [2.45, 2.75) is 17.1 Å². The quantitative estimate of drug-likeness (QED) is 0.260. The van der Waals surface area contributed by atoms with Crippen LogP contribution in [0.3, 0.4) is 0 Å². The number of rotatable bonds is 6. The van der Waals surface area contributed by atoms with Crippen molar-refractivity contribution >= 4 is 44.9 Å². The summed E-state index contributed by atoms with van der Waals surface area (Å²) in [6.45, 7) is 2.09. The maximum absolute atomic E-state index is 13.3. The number of benzene rings is 4. The topological polar surface area (TPSA) is 42.0 Å². The van der Waals surface area contributed by atoms with Gasteiger partial charge in [-0.25, -0.2) is 4.98 Å². The van der Waals surface area contributed by atoms with Gasteiger partial charge in [-0.05, 0) is 66.6 Å². The van der Waals surface area contributed by atoms with Crippen LogP contribution in [0.4, 0.5) is 5.69 Å². The lowest BCUT2D eigenvalue weighted by Crippen LogP contribution is -2.19. The Bertz CT molecular complexity index is 1380. The van der Waals surface area contributed by atoms with Gasteiger partial charge < -0.3 is 5.32 Å². The summed E-state index contributed by atoms with van der Waals surface area (Å²) in [5.41, 5.74) is 5.05. The molecule has 0 radical (unpaired) electrons. The van der Waals surface area contributed by atoms with Crippen LogP contribution in [0.25, 0.3) is 20.8 Å². The first-order chi connectivity index (χ1) is 16.2. The molecule has 1 N–H and O–H groups in total. The number of thiazole rings is 1. The van der Waals surface area contributed by atoms with E-state index in [0.29, 0.717) is 0 Å². The summed E-state index contributed by atoms with van der Waals surface area (Å²) in [5.74, 6) is -0.0433. The van der Waals surface area contributed by atoms with Crippen molar-refractivity contribution in [1.29, 1.82) is 0 Å². The molecule has 0 fully saturated rings. The molecule has 0 unspecified atom stereocenters. The monoisotopic (exact) mass is 466 g/mol. The third-order valence-electron chi connectivity index (χ3n) is 5.28. The molecule has 1 heterocycles. The molecule has 0 aliphatic rings. The van der Waals surface area contributed by atoms with Crippen LogP contribution in [0.15, 0.2) is 108 Å². The summed E-state index contributed by atoms with van der Waals surface area (Å²) in [6, 6.07) is 34.2. The zero-order valence-electron chi connectivity index (χ0n) is 18.1. The van der Waals surface area contributed by atoms with Crippen LogP contribution in [0, 0.1) is 6.92 Å². The average molecular weight is 467 g/mol. The van der Waals surface area contributed by atoms with Gasteiger partial charge in [0.2, 0.25) is 5.91 Å². The van der Waals surface area contributed by atoms with Gasteiger partial charge in [-0.1, -0.05) is 54.6 Å². The van der Waals surface area contributed by atoms with Crippen LogP contribution in [-0.4, -0.2) is 10.9 Å². The summed E-state index contributed by atoms with van der Waals surface area (Å²) in [6.07, 6.45) is 0. The summed E-state index contributed by atoms with van der Waals surface area (Å²) in [5, 5.41) is 3.73. The van der Waals surface area contributed by atoms with E-state index in [-0.39, 0.29) is 11.2 Å². The smallest absolute Gasteiger partial charge is 0.242 e. The van der Waals surface area contributed by atoms with Crippen LogP contribution in [0.5, 0.6) is 0 Å². The van der Waals surface area contributed by atoms with E-state index in [4.69, 9.17) is 4.98 Å². The van der Waals surface area contributed by atoms with Crippen LogP contribution in [-0.2, 0) is 4.79 Å². The molecule has 5 rings (SSSR count). The fraction of sp³-hybridized carbons (Fsp3) is 0.0714. The zero-order chi connectivity index (χ0) is 22.6. The number of aromatic nitrogens is 1. The molecule has 0 aliphatic heterocycles. The number of carbonyl (C=O) groups excluding carboxylic acids is 1. The molecule has 1 amide bonds. The molecule has 1 aromatic heterocycles. The lowest BCUT2D eigenvalue weighted by molar-refractivity contribution is -0.115. The van der Waals surface area contributed by atoms with E-state index in [9.17, 15) is 4.79 Å². The van der Waals surface area contributed by atoms with E-state index in [1.165, 1.54) is 10.3 Å². The molecule has 0 aliphatic carbocycles. The van der Waals surface area contributed by atoms with E-state index in [0.717, 1.165) is 32.2 Å². The number of hydrogen-bond donors (Lipinski definition) is 1. The highest BCUT2D eigenvalue weighted by atomic mass is 32.2. The predicted molar refractivity (Wildman–Crippen MR) is 140 cm³/mol. The number of anilines is 1. The van der Waals surface area contributed by atoms with Gasteiger partial charge in [-0.2, -0.15) is 0 Å². The standard InChI is InChI=1S/C28H22N2OS2/c1-19-12-17-24-25(18-19)33-28(30-24)21-13-15-22(16-14-21)29-27(31)26(20-8-4-2-5-9-20)32-23-10-6-3-7-11-23/h2-18,26H,1H3,(H,29,31)/t26-/m0/s1. The van der Waals surface area contributed by atoms with Gasteiger partial charge in [-0.15, -0.1) is 23.1 Å². The van der Waals surface area contributed by atoms with Crippen molar-refractivity contribution in [1.82, 2.24) is 4.98 Å². The van der Waals surface area contributed by atoms with Crippen LogP contribution >= 0.6 is 23.1 Å². The van der Waals surface area contributed by atoms with Crippen molar-refractivity contribution < 1.29 is 4.79 Å². The lowest BCUT2D eigenvalue weighted by Gasteiger charge is -2.17. The Morgan fingerprint density at radius 3 is 2.30 bits per heavy atom. The molecular weight excluding hydrogens is 444 g/mol. The minimum atomic E-state index is -0.347. The number of thioether (sulfide) groups is 1. The van der Waals surface area contributed by atoms with Crippen molar-refractivity contribution in [3.05, 3.63) is 114 Å². The van der Waals surface area contributed by atoms with E-state index in [2.05, 4.69) is 30.4 Å². The third kappa shape index (κ3) is 5.00. The highest BCUT2D eigenvalue weighted by Crippen LogP contribution is 2.36. The molecule has 5 heteroatoms. The van der Waals surface area contributed by atoms with Crippen LogP contribution in [0.2, 0.25) is 0 Å². The molecule has 0 spiro atoms. The van der Waals surface area contributed by atoms with Crippen molar-refractivity contribution in [2.24, 2.45) is 0 Å². The van der Waals surface area contributed by atoms with Gasteiger partial charge in [-0.3, -0.25) is 4.79 Å². The van der Waals surface area contributed by atoms with Crippen molar-refractivity contribution in [3.8, 4) is 10.6 Å². The van der Waals surface area contributed by atoms with E-state index < -0.39 is 0 Å². The average Bonchev–Trinajstić information content (AvgIpc) is 3.27. The number of nitrogens with zero attached hydrogens (tertiary/aromatic N) is 1. The van der Waals surface area contributed by atoms with Gasteiger partial charge >= 0.3 is 0 Å². The van der Waals surface area contributed by atoms with Crippen LogP contribution in [0.1, 0.15) is 16.4 Å². The highest BCUT2D eigenvalue weighted by molar-refractivity contribution is 8.00. The molecule has 0 saturated heterocycles.